The summed E-state index contributed by atoms with van der Waals surface area (Å²) in [6.07, 6.45) is 3.17. The molecule has 1 saturated heterocycles. The van der Waals surface area contributed by atoms with Gasteiger partial charge in [0.05, 0.1) is 29.5 Å². The van der Waals surface area contributed by atoms with Crippen molar-refractivity contribution in [1.82, 2.24) is 9.13 Å². The van der Waals surface area contributed by atoms with Crippen molar-refractivity contribution in [2.75, 3.05) is 30.4 Å². The fraction of sp³-hybridized carbons (Fsp3) is 0.360. The van der Waals surface area contributed by atoms with Crippen LogP contribution in [0.3, 0.4) is 0 Å². The Morgan fingerprint density at radius 1 is 0.886 bits per heavy atom. The second-order valence-corrected chi connectivity index (χ2v) is 8.55. The molecule has 0 bridgehead atoms. The number of anilines is 2. The van der Waals surface area contributed by atoms with Gasteiger partial charge in [0, 0.05) is 39.7 Å². The van der Waals surface area contributed by atoms with E-state index in [-0.39, 0.29) is 11.5 Å². The Morgan fingerprint density at radius 3 is 2.11 bits per heavy atom. The van der Waals surface area contributed by atoms with Crippen molar-refractivity contribution in [3.63, 3.8) is 0 Å². The molecular formula is C25H28N4O6. The SMILES string of the molecule is COc1cc(C(=O)Nc2cc3c(cc2N2CCCCC2)n(C)c(=O)c(=O)n3C)ccc1OC(C)=O. The van der Waals surface area contributed by atoms with Crippen LogP contribution in [0.2, 0.25) is 0 Å². The van der Waals surface area contributed by atoms with E-state index < -0.39 is 23.0 Å². The van der Waals surface area contributed by atoms with Crippen LogP contribution in [-0.2, 0) is 18.9 Å². The quantitative estimate of drug-likeness (QED) is 0.339. The number of benzene rings is 2. The van der Waals surface area contributed by atoms with Crippen molar-refractivity contribution in [2.24, 2.45) is 14.1 Å². The molecule has 2 aromatic carbocycles. The van der Waals surface area contributed by atoms with E-state index in [1.165, 1.54) is 48.4 Å². The zero-order valence-electron chi connectivity index (χ0n) is 20.2. The van der Waals surface area contributed by atoms with E-state index in [0.717, 1.165) is 38.0 Å². The molecule has 1 N–H and O–H groups in total. The number of amides is 1. The standard InChI is InChI=1S/C25H28N4O6/c1-15(30)35-21-9-8-16(12-22(21)34-4)23(31)26-17-13-19-20(28(3)25(33)24(32)27(19)2)14-18(17)29-10-6-5-7-11-29/h8-9,12-14H,5-7,10-11H2,1-4H3,(H,26,31). The van der Waals surface area contributed by atoms with Crippen LogP contribution in [0, 0.1) is 0 Å². The molecule has 10 heteroatoms. The van der Waals surface area contributed by atoms with Crippen molar-refractivity contribution in [2.45, 2.75) is 26.2 Å². The van der Waals surface area contributed by atoms with Gasteiger partial charge >= 0.3 is 17.1 Å². The number of hydrogen-bond acceptors (Lipinski definition) is 7. The summed E-state index contributed by atoms with van der Waals surface area (Å²) in [5, 5.41) is 2.96. The van der Waals surface area contributed by atoms with E-state index in [1.807, 2.05) is 6.07 Å². The number of aromatic nitrogens is 2. The summed E-state index contributed by atoms with van der Waals surface area (Å²) in [6.45, 7) is 2.92. The molecule has 1 aromatic heterocycles. The Kier molecular flexibility index (Phi) is 6.63. The lowest BCUT2D eigenvalue weighted by molar-refractivity contribution is -0.132. The van der Waals surface area contributed by atoms with Crippen molar-refractivity contribution in [1.29, 1.82) is 0 Å². The molecule has 0 atom stereocenters. The maximum Gasteiger partial charge on any atom is 0.316 e. The summed E-state index contributed by atoms with van der Waals surface area (Å²) in [7, 11) is 4.53. The molecule has 2 heterocycles. The first-order valence-electron chi connectivity index (χ1n) is 11.4. The highest BCUT2D eigenvalue weighted by atomic mass is 16.6. The van der Waals surface area contributed by atoms with Crippen LogP contribution < -0.4 is 30.8 Å². The second kappa shape index (κ2) is 9.65. The highest BCUT2D eigenvalue weighted by Crippen LogP contribution is 2.34. The zero-order valence-corrected chi connectivity index (χ0v) is 20.2. The molecule has 4 rings (SSSR count). The van der Waals surface area contributed by atoms with Gasteiger partial charge in [-0.05, 0) is 49.6 Å². The minimum absolute atomic E-state index is 0.215. The molecule has 3 aromatic rings. The predicted octanol–water partition coefficient (Wildman–Crippen LogP) is 2.41. The highest BCUT2D eigenvalue weighted by Gasteiger charge is 2.21. The van der Waals surface area contributed by atoms with E-state index >= 15 is 0 Å². The fourth-order valence-corrected chi connectivity index (χ4v) is 4.35. The number of carbonyl (C=O) groups excluding carboxylic acids is 2. The monoisotopic (exact) mass is 480 g/mol. The van der Waals surface area contributed by atoms with Crippen molar-refractivity contribution in [3.05, 3.63) is 56.6 Å². The summed E-state index contributed by atoms with van der Waals surface area (Å²) in [6, 6.07) is 8.11. The number of aryl methyl sites for hydroxylation is 2. The van der Waals surface area contributed by atoms with Crippen LogP contribution in [-0.4, -0.2) is 41.2 Å². The van der Waals surface area contributed by atoms with Crippen LogP contribution in [0.15, 0.2) is 39.9 Å². The van der Waals surface area contributed by atoms with Gasteiger partial charge in [-0.3, -0.25) is 19.2 Å². The molecule has 1 aliphatic heterocycles. The van der Waals surface area contributed by atoms with Gasteiger partial charge in [0.1, 0.15) is 0 Å². The maximum absolute atomic E-state index is 13.2. The average molecular weight is 481 g/mol. The van der Waals surface area contributed by atoms with Gasteiger partial charge < -0.3 is 28.8 Å². The van der Waals surface area contributed by atoms with Gasteiger partial charge in [0.15, 0.2) is 11.5 Å². The Bertz CT molecular complexity index is 1430. The van der Waals surface area contributed by atoms with E-state index in [4.69, 9.17) is 9.47 Å². The number of esters is 1. The maximum atomic E-state index is 13.2. The van der Waals surface area contributed by atoms with Crippen molar-refractivity contribution in [3.8, 4) is 11.5 Å². The molecule has 184 valence electrons. The molecule has 0 aliphatic carbocycles. The van der Waals surface area contributed by atoms with Crippen LogP contribution in [0.4, 0.5) is 11.4 Å². The summed E-state index contributed by atoms with van der Waals surface area (Å²) in [5.41, 5.74) is 1.48. The van der Waals surface area contributed by atoms with Gasteiger partial charge in [-0.25, -0.2) is 0 Å². The normalized spacial score (nSPS) is 13.5. The van der Waals surface area contributed by atoms with E-state index in [1.54, 1.807) is 13.1 Å². The van der Waals surface area contributed by atoms with Gasteiger partial charge in [0.2, 0.25) is 0 Å². The van der Waals surface area contributed by atoms with Gasteiger partial charge in [-0.15, -0.1) is 0 Å². The van der Waals surface area contributed by atoms with Crippen LogP contribution in [0.1, 0.15) is 36.5 Å². The van der Waals surface area contributed by atoms with Crippen LogP contribution in [0.5, 0.6) is 11.5 Å². The number of piperidine rings is 1. The first kappa shape index (κ1) is 24.1. The molecular weight excluding hydrogens is 452 g/mol. The Labute approximate surface area is 201 Å². The molecule has 0 spiro atoms. The molecule has 1 amide bonds. The number of methoxy groups -OCH3 is 1. The first-order chi connectivity index (χ1) is 16.7. The second-order valence-electron chi connectivity index (χ2n) is 8.55. The molecule has 0 saturated carbocycles. The summed E-state index contributed by atoms with van der Waals surface area (Å²) in [4.78, 5) is 51.5. The van der Waals surface area contributed by atoms with Crippen LogP contribution in [0.25, 0.3) is 11.0 Å². The number of rotatable bonds is 5. The number of ether oxygens (including phenoxy) is 2. The number of hydrogen-bond donors (Lipinski definition) is 1. The Hall–Kier alpha value is -4.08. The molecule has 1 fully saturated rings. The third-order valence-electron chi connectivity index (χ3n) is 6.23. The summed E-state index contributed by atoms with van der Waals surface area (Å²) < 4.78 is 13.0. The minimum Gasteiger partial charge on any atom is -0.493 e. The van der Waals surface area contributed by atoms with E-state index in [2.05, 4.69) is 10.2 Å². The van der Waals surface area contributed by atoms with Crippen molar-refractivity contribution < 1.29 is 19.1 Å². The first-order valence-corrected chi connectivity index (χ1v) is 11.4. The molecule has 0 unspecified atom stereocenters. The molecule has 0 radical (unpaired) electrons. The molecule has 1 aliphatic rings. The smallest absolute Gasteiger partial charge is 0.316 e. The van der Waals surface area contributed by atoms with Gasteiger partial charge in [0.25, 0.3) is 5.91 Å². The zero-order chi connectivity index (χ0) is 25.3. The lowest BCUT2D eigenvalue weighted by Crippen LogP contribution is -2.39. The lowest BCUT2D eigenvalue weighted by atomic mass is 10.1. The lowest BCUT2D eigenvalue weighted by Gasteiger charge is -2.31. The summed E-state index contributed by atoms with van der Waals surface area (Å²) >= 11 is 0. The summed E-state index contributed by atoms with van der Waals surface area (Å²) in [5.74, 6) is -0.430. The Balaban J connectivity index is 1.80. The predicted molar refractivity (Wildman–Crippen MR) is 133 cm³/mol. The third-order valence-corrected chi connectivity index (χ3v) is 6.23. The molecule has 10 nitrogen and oxygen atoms in total. The molecule has 35 heavy (non-hydrogen) atoms. The largest absolute Gasteiger partial charge is 0.493 e. The van der Waals surface area contributed by atoms with Crippen molar-refractivity contribution >= 4 is 34.3 Å². The number of nitrogens with one attached hydrogen (secondary N) is 1. The van der Waals surface area contributed by atoms with Crippen LogP contribution >= 0.6 is 0 Å². The number of carbonyl (C=O) groups is 2. The third kappa shape index (κ3) is 4.64. The fourth-order valence-electron chi connectivity index (χ4n) is 4.35. The topological polar surface area (TPSA) is 112 Å². The average Bonchev–Trinajstić information content (AvgIpc) is 2.86. The number of fused-ring (bicyclic) bond motifs is 1. The van der Waals surface area contributed by atoms with E-state index in [0.29, 0.717) is 22.3 Å². The van der Waals surface area contributed by atoms with Gasteiger partial charge in [-0.1, -0.05) is 0 Å². The van der Waals surface area contributed by atoms with Gasteiger partial charge in [-0.2, -0.15) is 0 Å². The van der Waals surface area contributed by atoms with E-state index in [9.17, 15) is 19.2 Å². The Morgan fingerprint density at radius 2 is 1.51 bits per heavy atom. The minimum atomic E-state index is -0.645. The highest BCUT2D eigenvalue weighted by molar-refractivity contribution is 6.07. The number of nitrogens with zero attached hydrogens (tertiary/aromatic N) is 3.